The van der Waals surface area contributed by atoms with Gasteiger partial charge in [0.25, 0.3) is 0 Å². The van der Waals surface area contributed by atoms with E-state index in [2.05, 4.69) is 5.32 Å². The molecule has 6 heteroatoms. The molecular formula is C11H16ClFN2O2. The Kier molecular flexibility index (Phi) is 8.09. The van der Waals surface area contributed by atoms with Gasteiger partial charge in [-0.2, -0.15) is 0 Å². The highest BCUT2D eigenvalue weighted by Crippen LogP contribution is 2.10. The van der Waals surface area contributed by atoms with Crippen molar-refractivity contribution in [2.24, 2.45) is 5.73 Å². The predicted octanol–water partition coefficient (Wildman–Crippen LogP) is 1.09. The fourth-order valence-corrected chi connectivity index (χ4v) is 1.09. The molecule has 0 spiro atoms. The lowest BCUT2D eigenvalue weighted by atomic mass is 10.3. The molecule has 0 heterocycles. The molecule has 1 rings (SSSR count). The van der Waals surface area contributed by atoms with E-state index in [4.69, 9.17) is 10.5 Å². The zero-order valence-electron chi connectivity index (χ0n) is 9.32. The lowest BCUT2D eigenvalue weighted by Crippen LogP contribution is -2.31. The number of carbonyl (C=O) groups excluding carboxylic acids is 1. The monoisotopic (exact) mass is 262 g/mol. The molecule has 0 aliphatic carbocycles. The number of nitrogens with one attached hydrogen (secondary N) is 1. The van der Waals surface area contributed by atoms with Gasteiger partial charge in [-0.05, 0) is 30.7 Å². The van der Waals surface area contributed by atoms with E-state index in [-0.39, 0.29) is 30.7 Å². The minimum Gasteiger partial charge on any atom is -0.494 e. The Morgan fingerprint density at radius 2 is 2.00 bits per heavy atom. The fourth-order valence-electron chi connectivity index (χ4n) is 1.09. The molecule has 0 unspecified atom stereocenters. The van der Waals surface area contributed by atoms with Crippen molar-refractivity contribution in [2.45, 2.75) is 6.42 Å². The van der Waals surface area contributed by atoms with Crippen LogP contribution in [0, 0.1) is 5.82 Å². The molecule has 0 aliphatic rings. The van der Waals surface area contributed by atoms with E-state index in [0.717, 1.165) is 0 Å². The van der Waals surface area contributed by atoms with Crippen molar-refractivity contribution in [2.75, 3.05) is 19.7 Å². The Morgan fingerprint density at radius 3 is 2.59 bits per heavy atom. The maximum Gasteiger partial charge on any atom is 0.233 e. The Balaban J connectivity index is 0.00000256. The average Bonchev–Trinajstić information content (AvgIpc) is 2.31. The Hall–Kier alpha value is -1.33. The minimum absolute atomic E-state index is 0. The van der Waals surface area contributed by atoms with Gasteiger partial charge >= 0.3 is 0 Å². The molecule has 0 aliphatic heterocycles. The van der Waals surface area contributed by atoms with Crippen LogP contribution in [0.1, 0.15) is 6.42 Å². The van der Waals surface area contributed by atoms with Gasteiger partial charge in [0.15, 0.2) is 0 Å². The number of hydrogen-bond donors (Lipinski definition) is 2. The third-order valence-corrected chi connectivity index (χ3v) is 1.91. The summed E-state index contributed by atoms with van der Waals surface area (Å²) in [5.41, 5.74) is 5.11. The van der Waals surface area contributed by atoms with Crippen LogP contribution in [0.4, 0.5) is 4.39 Å². The molecule has 1 amide bonds. The summed E-state index contributed by atoms with van der Waals surface area (Å²) in [6, 6.07) is 5.80. The Bertz CT molecular complexity index is 333. The molecule has 3 N–H and O–H groups in total. The van der Waals surface area contributed by atoms with Crippen molar-refractivity contribution < 1.29 is 13.9 Å². The van der Waals surface area contributed by atoms with Crippen molar-refractivity contribution in [3.05, 3.63) is 30.1 Å². The quantitative estimate of drug-likeness (QED) is 0.755. The van der Waals surface area contributed by atoms with Crippen LogP contribution in [0.2, 0.25) is 0 Å². The molecule has 4 nitrogen and oxygen atoms in total. The molecule has 1 aromatic rings. The SMILES string of the molecule is Cl.NCC(=O)NCCCOc1ccc(F)cc1. The molecular weight excluding hydrogens is 247 g/mol. The highest BCUT2D eigenvalue weighted by Gasteiger charge is 1.97. The summed E-state index contributed by atoms with van der Waals surface area (Å²) in [7, 11) is 0. The normalized spacial score (nSPS) is 9.29. The fraction of sp³-hybridized carbons (Fsp3) is 0.364. The molecule has 0 saturated carbocycles. The van der Waals surface area contributed by atoms with Gasteiger partial charge < -0.3 is 15.8 Å². The molecule has 0 saturated heterocycles. The second kappa shape index (κ2) is 8.78. The predicted molar refractivity (Wildman–Crippen MR) is 65.8 cm³/mol. The molecule has 17 heavy (non-hydrogen) atoms. The van der Waals surface area contributed by atoms with Crippen molar-refractivity contribution in [1.29, 1.82) is 0 Å². The van der Waals surface area contributed by atoms with Crippen molar-refractivity contribution in [3.8, 4) is 5.75 Å². The van der Waals surface area contributed by atoms with Gasteiger partial charge in [0.2, 0.25) is 5.91 Å². The van der Waals surface area contributed by atoms with Crippen molar-refractivity contribution >= 4 is 18.3 Å². The van der Waals surface area contributed by atoms with E-state index in [1.54, 1.807) is 12.1 Å². The van der Waals surface area contributed by atoms with Crippen LogP contribution in [-0.4, -0.2) is 25.6 Å². The lowest BCUT2D eigenvalue weighted by Gasteiger charge is -2.06. The smallest absolute Gasteiger partial charge is 0.233 e. The highest BCUT2D eigenvalue weighted by atomic mass is 35.5. The van der Waals surface area contributed by atoms with Crippen LogP contribution in [0.15, 0.2) is 24.3 Å². The number of ether oxygens (including phenoxy) is 1. The highest BCUT2D eigenvalue weighted by molar-refractivity contribution is 5.85. The van der Waals surface area contributed by atoms with Gasteiger partial charge in [-0.3, -0.25) is 4.79 Å². The summed E-state index contributed by atoms with van der Waals surface area (Å²) in [4.78, 5) is 10.8. The van der Waals surface area contributed by atoms with Gasteiger partial charge in [-0.25, -0.2) is 4.39 Å². The maximum atomic E-state index is 12.5. The number of benzene rings is 1. The first-order valence-electron chi connectivity index (χ1n) is 5.07. The summed E-state index contributed by atoms with van der Waals surface area (Å²) in [5.74, 6) is 0.149. The van der Waals surface area contributed by atoms with Crippen LogP contribution in [0.25, 0.3) is 0 Å². The van der Waals surface area contributed by atoms with Gasteiger partial charge in [-0.1, -0.05) is 0 Å². The zero-order valence-corrected chi connectivity index (χ0v) is 10.1. The minimum atomic E-state index is -0.289. The van der Waals surface area contributed by atoms with E-state index < -0.39 is 0 Å². The van der Waals surface area contributed by atoms with Gasteiger partial charge in [0.05, 0.1) is 13.2 Å². The molecule has 0 fully saturated rings. The first-order chi connectivity index (χ1) is 7.72. The van der Waals surface area contributed by atoms with E-state index >= 15 is 0 Å². The maximum absolute atomic E-state index is 12.5. The van der Waals surface area contributed by atoms with Crippen molar-refractivity contribution in [1.82, 2.24) is 5.32 Å². The Labute approximate surface area is 106 Å². The van der Waals surface area contributed by atoms with Crippen LogP contribution in [-0.2, 0) is 4.79 Å². The van der Waals surface area contributed by atoms with E-state index in [1.807, 2.05) is 0 Å². The van der Waals surface area contributed by atoms with E-state index in [1.165, 1.54) is 12.1 Å². The number of nitrogens with two attached hydrogens (primary N) is 1. The standard InChI is InChI=1S/C11H15FN2O2.ClH/c12-9-2-4-10(5-3-9)16-7-1-6-14-11(15)8-13;/h2-5H,1,6-8,13H2,(H,14,15);1H. The van der Waals surface area contributed by atoms with Crippen LogP contribution in [0.5, 0.6) is 5.75 Å². The van der Waals surface area contributed by atoms with Gasteiger partial charge in [0, 0.05) is 6.54 Å². The average molecular weight is 263 g/mol. The third kappa shape index (κ3) is 6.76. The van der Waals surface area contributed by atoms with Gasteiger partial charge in [0.1, 0.15) is 11.6 Å². The summed E-state index contributed by atoms with van der Waals surface area (Å²) < 4.78 is 17.9. The molecule has 96 valence electrons. The molecule has 0 aromatic heterocycles. The van der Waals surface area contributed by atoms with Crippen molar-refractivity contribution in [3.63, 3.8) is 0 Å². The van der Waals surface area contributed by atoms with E-state index in [0.29, 0.717) is 25.3 Å². The first-order valence-corrected chi connectivity index (χ1v) is 5.07. The van der Waals surface area contributed by atoms with Gasteiger partial charge in [-0.15, -0.1) is 12.4 Å². The first kappa shape index (κ1) is 15.7. The zero-order chi connectivity index (χ0) is 11.8. The number of amides is 1. The number of rotatable bonds is 6. The number of hydrogen-bond acceptors (Lipinski definition) is 3. The lowest BCUT2D eigenvalue weighted by molar-refractivity contribution is -0.119. The van der Waals surface area contributed by atoms with Crippen LogP contribution >= 0.6 is 12.4 Å². The largest absolute Gasteiger partial charge is 0.494 e. The molecule has 0 radical (unpaired) electrons. The third-order valence-electron chi connectivity index (χ3n) is 1.91. The summed E-state index contributed by atoms with van der Waals surface area (Å²) in [5, 5.41) is 2.62. The number of carbonyl (C=O) groups is 1. The molecule has 1 aromatic carbocycles. The van der Waals surface area contributed by atoms with Crippen LogP contribution in [0.3, 0.4) is 0 Å². The molecule has 0 bridgehead atoms. The second-order valence-corrected chi connectivity index (χ2v) is 3.21. The van der Waals surface area contributed by atoms with E-state index in [9.17, 15) is 9.18 Å². The number of halogens is 2. The van der Waals surface area contributed by atoms with Crippen LogP contribution < -0.4 is 15.8 Å². The Morgan fingerprint density at radius 1 is 1.35 bits per heavy atom. The molecule has 0 atom stereocenters. The summed E-state index contributed by atoms with van der Waals surface area (Å²) in [6.07, 6.45) is 0.684. The second-order valence-electron chi connectivity index (χ2n) is 3.21. The summed E-state index contributed by atoms with van der Waals surface area (Å²) in [6.45, 7) is 0.993. The summed E-state index contributed by atoms with van der Waals surface area (Å²) >= 11 is 0. The topological polar surface area (TPSA) is 64.4 Å².